The van der Waals surface area contributed by atoms with E-state index in [1.807, 2.05) is 25.1 Å². The number of aliphatic hydroxyl groups is 1. The van der Waals surface area contributed by atoms with Crippen LogP contribution in [0.4, 0.5) is 5.69 Å². The molecule has 1 aromatic carbocycles. The first-order valence-corrected chi connectivity index (χ1v) is 12.4. The summed E-state index contributed by atoms with van der Waals surface area (Å²) in [6, 6.07) is 1.84. The Kier molecular flexibility index (Phi) is 5.79. The molecule has 1 amide bonds. The Morgan fingerprint density at radius 1 is 1.17 bits per heavy atom. The SMILES string of the molecule is CN(C)c1cc(CNCC2CC2)c(O)c2c1C[C@H]1C[C@H]3CC(=O)C(C(N)=O)C(=O)[C@@]3(O)C(=O)C1C2=O. The molecule has 10 heteroatoms. The van der Waals surface area contributed by atoms with Crippen LogP contribution in [0.15, 0.2) is 6.07 Å². The van der Waals surface area contributed by atoms with E-state index in [-0.39, 0.29) is 30.6 Å². The van der Waals surface area contributed by atoms with Crippen LogP contribution in [0.1, 0.15) is 47.2 Å². The van der Waals surface area contributed by atoms with Crippen molar-refractivity contribution in [3.05, 3.63) is 22.8 Å². The summed E-state index contributed by atoms with van der Waals surface area (Å²) < 4.78 is 0. The quantitative estimate of drug-likeness (QED) is 0.392. The Bertz CT molecular complexity index is 1200. The van der Waals surface area contributed by atoms with Crippen LogP contribution < -0.4 is 16.0 Å². The van der Waals surface area contributed by atoms with Gasteiger partial charge in [0.05, 0.1) is 11.5 Å². The van der Waals surface area contributed by atoms with Gasteiger partial charge in [0, 0.05) is 44.2 Å². The molecule has 4 aliphatic carbocycles. The first-order chi connectivity index (χ1) is 17.0. The van der Waals surface area contributed by atoms with Gasteiger partial charge in [-0.3, -0.25) is 24.0 Å². The summed E-state index contributed by atoms with van der Waals surface area (Å²) in [7, 11) is 3.66. The average Bonchev–Trinajstić information content (AvgIpc) is 3.61. The molecule has 5 N–H and O–H groups in total. The van der Waals surface area contributed by atoms with Crippen molar-refractivity contribution in [2.24, 2.45) is 35.3 Å². The van der Waals surface area contributed by atoms with Crippen molar-refractivity contribution in [1.29, 1.82) is 0 Å². The number of hydrogen-bond donors (Lipinski definition) is 4. The third-order valence-corrected chi connectivity index (χ3v) is 8.38. The van der Waals surface area contributed by atoms with Gasteiger partial charge in [-0.05, 0) is 55.7 Å². The van der Waals surface area contributed by atoms with E-state index >= 15 is 0 Å². The molecule has 3 saturated carbocycles. The summed E-state index contributed by atoms with van der Waals surface area (Å²) >= 11 is 0. The number of nitrogens with zero attached hydrogens (tertiary/aromatic N) is 1. The van der Waals surface area contributed by atoms with Crippen LogP contribution in [0.2, 0.25) is 0 Å². The van der Waals surface area contributed by atoms with Crippen molar-refractivity contribution >= 4 is 34.7 Å². The lowest BCUT2D eigenvalue weighted by molar-refractivity contribution is -0.175. The van der Waals surface area contributed by atoms with E-state index in [0.717, 1.165) is 12.2 Å². The molecule has 5 rings (SSSR count). The maximum absolute atomic E-state index is 13.8. The van der Waals surface area contributed by atoms with Crippen LogP contribution >= 0.6 is 0 Å². The van der Waals surface area contributed by atoms with Crippen molar-refractivity contribution in [3.8, 4) is 5.75 Å². The summed E-state index contributed by atoms with van der Waals surface area (Å²) in [6.45, 7) is 1.15. The minimum absolute atomic E-state index is 0.0341. The number of phenols is 1. The smallest absolute Gasteiger partial charge is 0.235 e. The Hall–Kier alpha value is -3.11. The van der Waals surface area contributed by atoms with E-state index in [9.17, 15) is 34.2 Å². The average molecular weight is 498 g/mol. The number of amides is 1. The van der Waals surface area contributed by atoms with Crippen molar-refractivity contribution in [2.45, 2.75) is 44.2 Å². The van der Waals surface area contributed by atoms with Crippen LogP contribution in [0.3, 0.4) is 0 Å². The molecular formula is C26H31N3O7. The van der Waals surface area contributed by atoms with Crippen LogP contribution in [-0.4, -0.2) is 65.5 Å². The number of nitrogens with two attached hydrogens (primary N) is 1. The van der Waals surface area contributed by atoms with E-state index in [2.05, 4.69) is 5.32 Å². The normalized spacial score (nSPS) is 31.5. The fourth-order valence-electron chi connectivity index (χ4n) is 6.34. The molecule has 0 aromatic heterocycles. The molecule has 2 unspecified atom stereocenters. The molecule has 5 atom stereocenters. The minimum Gasteiger partial charge on any atom is -0.507 e. The fraction of sp³-hybridized carbons (Fsp3) is 0.577. The monoisotopic (exact) mass is 497 g/mol. The van der Waals surface area contributed by atoms with Crippen LogP contribution in [-0.2, 0) is 32.1 Å². The van der Waals surface area contributed by atoms with Crippen molar-refractivity contribution in [3.63, 3.8) is 0 Å². The van der Waals surface area contributed by atoms with E-state index < -0.39 is 58.3 Å². The molecule has 0 radical (unpaired) electrons. The molecule has 0 saturated heterocycles. The molecule has 0 heterocycles. The number of anilines is 1. The molecule has 3 fully saturated rings. The largest absolute Gasteiger partial charge is 0.507 e. The minimum atomic E-state index is -2.63. The molecular weight excluding hydrogens is 466 g/mol. The number of phenolic OH excluding ortho intramolecular Hbond substituents is 1. The number of hydrogen-bond acceptors (Lipinski definition) is 9. The fourth-order valence-corrected chi connectivity index (χ4v) is 6.34. The van der Waals surface area contributed by atoms with Crippen molar-refractivity contribution in [2.75, 3.05) is 25.5 Å². The Morgan fingerprint density at radius 2 is 1.86 bits per heavy atom. The van der Waals surface area contributed by atoms with Crippen molar-refractivity contribution in [1.82, 2.24) is 5.32 Å². The van der Waals surface area contributed by atoms with Gasteiger partial charge in [-0.25, -0.2) is 0 Å². The van der Waals surface area contributed by atoms with E-state index in [1.54, 1.807) is 0 Å². The number of carbonyl (C=O) groups is 5. The highest BCUT2D eigenvalue weighted by molar-refractivity contribution is 6.31. The second kappa shape index (κ2) is 8.48. The van der Waals surface area contributed by atoms with Gasteiger partial charge in [-0.1, -0.05) is 0 Å². The lowest BCUT2D eigenvalue weighted by Gasteiger charge is -2.48. The molecule has 0 bridgehead atoms. The van der Waals surface area contributed by atoms with Crippen LogP contribution in [0.5, 0.6) is 5.75 Å². The molecule has 0 aliphatic heterocycles. The number of aromatic hydroxyl groups is 1. The summed E-state index contributed by atoms with van der Waals surface area (Å²) in [5, 5.41) is 25.8. The van der Waals surface area contributed by atoms with Gasteiger partial charge in [0.1, 0.15) is 5.75 Å². The molecule has 0 spiro atoms. The number of ketones is 4. The zero-order valence-corrected chi connectivity index (χ0v) is 20.4. The number of nitrogens with one attached hydrogen (secondary N) is 1. The number of primary amides is 1. The summed E-state index contributed by atoms with van der Waals surface area (Å²) in [6.07, 6.45) is 2.34. The topological polar surface area (TPSA) is 167 Å². The highest BCUT2D eigenvalue weighted by atomic mass is 16.3. The highest BCUT2D eigenvalue weighted by Crippen LogP contribution is 2.51. The molecule has 1 aromatic rings. The summed E-state index contributed by atoms with van der Waals surface area (Å²) in [5.41, 5.74) is 4.51. The number of Topliss-reactive ketones (excluding diaryl/α,β-unsaturated/α-hetero) is 4. The summed E-state index contributed by atoms with van der Waals surface area (Å²) in [5.74, 6) is -9.26. The van der Waals surface area contributed by atoms with Gasteiger partial charge in [0.25, 0.3) is 0 Å². The van der Waals surface area contributed by atoms with Crippen molar-refractivity contribution < 1.29 is 34.2 Å². The van der Waals surface area contributed by atoms with E-state index in [0.29, 0.717) is 23.6 Å². The maximum Gasteiger partial charge on any atom is 0.235 e. The number of benzene rings is 1. The Balaban J connectivity index is 1.55. The summed E-state index contributed by atoms with van der Waals surface area (Å²) in [4.78, 5) is 66.6. The van der Waals surface area contributed by atoms with E-state index in [1.165, 1.54) is 12.8 Å². The molecule has 4 aliphatic rings. The van der Waals surface area contributed by atoms with Gasteiger partial charge in [0.2, 0.25) is 5.91 Å². The molecule has 36 heavy (non-hydrogen) atoms. The second-order valence-corrected chi connectivity index (χ2v) is 11.0. The molecule has 192 valence electrons. The molecule has 10 nitrogen and oxygen atoms in total. The van der Waals surface area contributed by atoms with Crippen LogP contribution in [0.25, 0.3) is 0 Å². The lowest BCUT2D eigenvalue weighted by atomic mass is 9.53. The Morgan fingerprint density at radius 3 is 2.47 bits per heavy atom. The van der Waals surface area contributed by atoms with Crippen LogP contribution in [0, 0.1) is 29.6 Å². The first kappa shape index (κ1) is 24.6. The van der Waals surface area contributed by atoms with Gasteiger partial charge >= 0.3 is 0 Å². The predicted molar refractivity (Wildman–Crippen MR) is 127 cm³/mol. The third kappa shape index (κ3) is 3.57. The van der Waals surface area contributed by atoms with E-state index in [4.69, 9.17) is 5.73 Å². The third-order valence-electron chi connectivity index (χ3n) is 8.38. The van der Waals surface area contributed by atoms with Gasteiger partial charge in [0.15, 0.2) is 34.7 Å². The standard InChI is InChI=1S/C26H31N3O7/c1-29(2)16-7-13(10-28-9-11-3-4-11)21(31)19-15(16)6-12-5-14-8-17(30)20(25(27)35)24(34)26(14,36)23(33)18(12)22(19)32/h7,11-12,14,18,20,28,31,36H,3-6,8-10H2,1-2H3,(H2,27,35)/t12-,14+,18?,20?,26+/m1/s1. The predicted octanol–water partition coefficient (Wildman–Crippen LogP) is -0.107. The Labute approximate surface area is 208 Å². The van der Waals surface area contributed by atoms with Gasteiger partial charge < -0.3 is 26.2 Å². The lowest BCUT2D eigenvalue weighted by Crippen LogP contribution is -2.68. The zero-order valence-electron chi connectivity index (χ0n) is 20.4. The maximum atomic E-state index is 13.8. The zero-order chi connectivity index (χ0) is 26.1. The number of rotatable bonds is 6. The first-order valence-electron chi connectivity index (χ1n) is 12.4. The van der Waals surface area contributed by atoms with Gasteiger partial charge in [-0.2, -0.15) is 0 Å². The number of fused-ring (bicyclic) bond motifs is 3. The van der Waals surface area contributed by atoms with Gasteiger partial charge in [-0.15, -0.1) is 0 Å². The highest BCUT2D eigenvalue weighted by Gasteiger charge is 2.66. The second-order valence-electron chi connectivity index (χ2n) is 11.0. The number of carbonyl (C=O) groups excluding carboxylic acids is 5.